The summed E-state index contributed by atoms with van der Waals surface area (Å²) in [5.41, 5.74) is 4.70. The molecule has 2 heteroatoms. The maximum absolute atomic E-state index is 5.88. The smallest absolute Gasteiger partial charge is 0.113 e. The molecule has 2 atom stereocenters. The van der Waals surface area contributed by atoms with Gasteiger partial charge < -0.3 is 9.47 Å². The lowest BCUT2D eigenvalue weighted by Crippen LogP contribution is -2.18. The van der Waals surface area contributed by atoms with Crippen LogP contribution in [0.2, 0.25) is 0 Å². The summed E-state index contributed by atoms with van der Waals surface area (Å²) < 4.78 is 11.8. The van der Waals surface area contributed by atoms with E-state index in [0.717, 1.165) is 24.0 Å². The van der Waals surface area contributed by atoms with E-state index in [0.29, 0.717) is 0 Å². The van der Waals surface area contributed by atoms with Crippen molar-refractivity contribution in [3.8, 4) is 0 Å². The molecule has 0 saturated heterocycles. The number of methoxy groups -OCH3 is 2. The molecule has 2 unspecified atom stereocenters. The van der Waals surface area contributed by atoms with Crippen LogP contribution in [0, 0.1) is 0 Å². The molecule has 0 bridgehead atoms. The summed E-state index contributed by atoms with van der Waals surface area (Å²) in [6, 6.07) is 16.6. The quantitative estimate of drug-likeness (QED) is 0.589. The number of hydrogen-bond donors (Lipinski definition) is 0. The van der Waals surface area contributed by atoms with E-state index in [4.69, 9.17) is 9.47 Å². The van der Waals surface area contributed by atoms with Crippen LogP contribution in [-0.2, 0) is 22.3 Å². The fourth-order valence-electron chi connectivity index (χ4n) is 3.13. The molecule has 126 valence electrons. The zero-order chi connectivity index (χ0) is 17.4. The summed E-state index contributed by atoms with van der Waals surface area (Å²) in [6.45, 7) is 7.72. The molecular formula is C22H26O2. The molecule has 0 aliphatic carbocycles. The topological polar surface area (TPSA) is 18.5 Å². The summed E-state index contributed by atoms with van der Waals surface area (Å²) in [5, 5.41) is 0. The van der Waals surface area contributed by atoms with Crippen molar-refractivity contribution < 1.29 is 9.47 Å². The highest BCUT2D eigenvalue weighted by Crippen LogP contribution is 2.37. The molecule has 0 heterocycles. The van der Waals surface area contributed by atoms with E-state index in [1.54, 1.807) is 14.2 Å². The molecule has 24 heavy (non-hydrogen) atoms. The van der Waals surface area contributed by atoms with E-state index in [-0.39, 0.29) is 12.2 Å². The average Bonchev–Trinajstić information content (AvgIpc) is 2.62. The maximum atomic E-state index is 5.88. The Morgan fingerprint density at radius 2 is 1.12 bits per heavy atom. The van der Waals surface area contributed by atoms with Crippen molar-refractivity contribution in [2.24, 2.45) is 0 Å². The second-order valence-electron chi connectivity index (χ2n) is 5.70. The highest BCUT2D eigenvalue weighted by molar-refractivity contribution is 5.36. The fraction of sp³-hybridized carbons (Fsp3) is 0.273. The molecule has 0 aromatic heterocycles. The van der Waals surface area contributed by atoms with Crippen molar-refractivity contribution in [1.82, 2.24) is 0 Å². The minimum atomic E-state index is -0.183. The number of allylic oxidation sites excluding steroid dienone is 2. The number of ether oxygens (including phenoxy) is 2. The largest absolute Gasteiger partial charge is 0.374 e. The first-order valence-electron chi connectivity index (χ1n) is 8.19. The van der Waals surface area contributed by atoms with Gasteiger partial charge in [0.15, 0.2) is 0 Å². The van der Waals surface area contributed by atoms with E-state index < -0.39 is 0 Å². The van der Waals surface area contributed by atoms with E-state index in [1.807, 2.05) is 36.4 Å². The van der Waals surface area contributed by atoms with Gasteiger partial charge in [0.2, 0.25) is 0 Å². The molecule has 0 saturated carbocycles. The monoisotopic (exact) mass is 322 g/mol. The predicted octanol–water partition coefficient (Wildman–Crippen LogP) is 5.22. The molecule has 2 nitrogen and oxygen atoms in total. The maximum Gasteiger partial charge on any atom is 0.113 e. The molecule has 0 aliphatic heterocycles. The number of hydrogen-bond acceptors (Lipinski definition) is 2. The summed E-state index contributed by atoms with van der Waals surface area (Å²) in [7, 11) is 3.47. The van der Waals surface area contributed by atoms with Crippen LogP contribution in [0.3, 0.4) is 0 Å². The Morgan fingerprint density at radius 3 is 1.46 bits per heavy atom. The summed E-state index contributed by atoms with van der Waals surface area (Å²) in [6.07, 6.45) is 5.08. The Labute approximate surface area is 145 Å². The molecule has 2 aromatic carbocycles. The van der Waals surface area contributed by atoms with Crippen molar-refractivity contribution in [2.75, 3.05) is 14.2 Å². The average molecular weight is 322 g/mol. The van der Waals surface area contributed by atoms with Gasteiger partial charge in [0.1, 0.15) is 12.2 Å². The molecular weight excluding hydrogens is 296 g/mol. The summed E-state index contributed by atoms with van der Waals surface area (Å²) in [4.78, 5) is 0. The van der Waals surface area contributed by atoms with Gasteiger partial charge >= 0.3 is 0 Å². The molecule has 0 amide bonds. The second kappa shape index (κ2) is 9.21. The van der Waals surface area contributed by atoms with Crippen LogP contribution in [0.25, 0.3) is 0 Å². The van der Waals surface area contributed by atoms with Crippen LogP contribution in [0.1, 0.15) is 34.5 Å². The molecule has 2 aromatic rings. The molecule has 2 rings (SSSR count). The van der Waals surface area contributed by atoms with Gasteiger partial charge in [0, 0.05) is 14.2 Å². The second-order valence-corrected chi connectivity index (χ2v) is 5.70. The van der Waals surface area contributed by atoms with E-state index in [9.17, 15) is 0 Å². The van der Waals surface area contributed by atoms with E-state index in [1.165, 1.54) is 11.1 Å². The molecule has 0 radical (unpaired) electrons. The summed E-state index contributed by atoms with van der Waals surface area (Å²) >= 11 is 0. The first-order valence-corrected chi connectivity index (χ1v) is 8.19. The highest BCUT2D eigenvalue weighted by atomic mass is 16.5. The van der Waals surface area contributed by atoms with Gasteiger partial charge in [-0.25, -0.2) is 0 Å². The standard InChI is InChI=1S/C22H26O2/c1-5-11-17-13-7-9-15-19(17)21(23-3)22(24-4)20-16-10-8-14-18(20)12-6-2/h5-10,13-16,21-22H,1-2,11-12H2,3-4H3. The van der Waals surface area contributed by atoms with E-state index in [2.05, 4.69) is 37.4 Å². The lowest BCUT2D eigenvalue weighted by Gasteiger charge is -2.28. The Morgan fingerprint density at radius 1 is 0.750 bits per heavy atom. The molecule has 0 spiro atoms. The normalized spacial score (nSPS) is 13.2. The van der Waals surface area contributed by atoms with Crippen LogP contribution >= 0.6 is 0 Å². The Balaban J connectivity index is 2.48. The van der Waals surface area contributed by atoms with Crippen molar-refractivity contribution in [3.63, 3.8) is 0 Å². The third-order valence-corrected chi connectivity index (χ3v) is 4.23. The Hall–Kier alpha value is -2.16. The lowest BCUT2D eigenvalue weighted by molar-refractivity contribution is -0.0404. The van der Waals surface area contributed by atoms with Crippen molar-refractivity contribution in [3.05, 3.63) is 96.1 Å². The van der Waals surface area contributed by atoms with Gasteiger partial charge in [0.25, 0.3) is 0 Å². The van der Waals surface area contributed by atoms with E-state index >= 15 is 0 Å². The van der Waals surface area contributed by atoms with Crippen LogP contribution in [0.4, 0.5) is 0 Å². The van der Waals surface area contributed by atoms with Gasteiger partial charge in [-0.15, -0.1) is 13.2 Å². The van der Waals surface area contributed by atoms with Crippen molar-refractivity contribution in [1.29, 1.82) is 0 Å². The third-order valence-electron chi connectivity index (χ3n) is 4.23. The number of rotatable bonds is 9. The zero-order valence-electron chi connectivity index (χ0n) is 14.6. The first-order chi connectivity index (χ1) is 11.8. The minimum absolute atomic E-state index is 0.183. The Bertz CT molecular complexity index is 616. The SMILES string of the molecule is C=CCc1ccccc1C(OC)C(OC)c1ccccc1CC=C. The van der Waals surface area contributed by atoms with Gasteiger partial charge in [-0.1, -0.05) is 60.7 Å². The number of benzene rings is 2. The molecule has 0 fully saturated rings. The minimum Gasteiger partial charge on any atom is -0.374 e. The zero-order valence-corrected chi connectivity index (χ0v) is 14.6. The van der Waals surface area contributed by atoms with Gasteiger partial charge in [-0.2, -0.15) is 0 Å². The van der Waals surface area contributed by atoms with Gasteiger partial charge in [-0.05, 0) is 35.1 Å². The van der Waals surface area contributed by atoms with Gasteiger partial charge in [-0.3, -0.25) is 0 Å². The van der Waals surface area contributed by atoms with Crippen LogP contribution in [0.5, 0.6) is 0 Å². The predicted molar refractivity (Wildman–Crippen MR) is 100 cm³/mol. The lowest BCUT2D eigenvalue weighted by atomic mass is 9.90. The van der Waals surface area contributed by atoms with Crippen LogP contribution in [-0.4, -0.2) is 14.2 Å². The Kier molecular flexibility index (Phi) is 6.98. The first kappa shape index (κ1) is 18.2. The third kappa shape index (κ3) is 4.02. The van der Waals surface area contributed by atoms with Gasteiger partial charge in [0.05, 0.1) is 0 Å². The molecule has 0 N–H and O–H groups in total. The highest BCUT2D eigenvalue weighted by Gasteiger charge is 2.27. The van der Waals surface area contributed by atoms with Crippen molar-refractivity contribution in [2.45, 2.75) is 25.0 Å². The fourth-order valence-corrected chi connectivity index (χ4v) is 3.13. The summed E-state index contributed by atoms with van der Waals surface area (Å²) in [5.74, 6) is 0. The van der Waals surface area contributed by atoms with Crippen molar-refractivity contribution >= 4 is 0 Å². The molecule has 0 aliphatic rings. The van der Waals surface area contributed by atoms with Crippen LogP contribution < -0.4 is 0 Å². The van der Waals surface area contributed by atoms with Crippen LogP contribution in [0.15, 0.2) is 73.8 Å².